The van der Waals surface area contributed by atoms with Crippen LogP contribution in [0, 0.1) is 5.82 Å². The second-order valence-electron chi connectivity index (χ2n) is 6.33. The molecule has 1 aliphatic rings. The quantitative estimate of drug-likeness (QED) is 0.584. The summed E-state index contributed by atoms with van der Waals surface area (Å²) in [5.41, 5.74) is 2.81. The van der Waals surface area contributed by atoms with Gasteiger partial charge in [-0.25, -0.2) is 22.8 Å². The number of hydrogen-bond acceptors (Lipinski definition) is 4. The van der Waals surface area contributed by atoms with E-state index in [-0.39, 0.29) is 5.88 Å². The highest BCUT2D eigenvalue weighted by Gasteiger charge is 2.39. The lowest BCUT2D eigenvalue weighted by molar-refractivity contribution is -0.0792. The Morgan fingerprint density at radius 3 is 2.78 bits per heavy atom. The van der Waals surface area contributed by atoms with Crippen molar-refractivity contribution in [3.05, 3.63) is 48.5 Å². The van der Waals surface area contributed by atoms with Gasteiger partial charge in [0.1, 0.15) is 18.1 Å². The predicted octanol–water partition coefficient (Wildman–Crippen LogP) is 3.66. The van der Waals surface area contributed by atoms with E-state index in [0.717, 1.165) is 4.68 Å². The van der Waals surface area contributed by atoms with E-state index < -0.39 is 24.9 Å². The van der Waals surface area contributed by atoms with Gasteiger partial charge in [-0.05, 0) is 30.3 Å². The van der Waals surface area contributed by atoms with Crippen LogP contribution < -0.4 is 4.74 Å². The van der Waals surface area contributed by atoms with Gasteiger partial charge in [0.2, 0.25) is 5.88 Å². The molecule has 0 aliphatic carbocycles. The zero-order valence-electron chi connectivity index (χ0n) is 13.8. The van der Waals surface area contributed by atoms with E-state index in [4.69, 9.17) is 4.74 Å². The van der Waals surface area contributed by atoms with Crippen molar-refractivity contribution in [1.82, 2.24) is 25.0 Å². The van der Waals surface area contributed by atoms with Crippen LogP contribution in [0.15, 0.2) is 42.7 Å². The Hall–Kier alpha value is -3.36. The maximum Gasteiger partial charge on any atom is 0.300 e. The van der Waals surface area contributed by atoms with Gasteiger partial charge in [0.25, 0.3) is 0 Å². The molecular formula is C18H12F3N5O. The summed E-state index contributed by atoms with van der Waals surface area (Å²) in [7, 11) is 0. The number of nitrogens with one attached hydrogen (secondary N) is 1. The van der Waals surface area contributed by atoms with Gasteiger partial charge in [-0.3, -0.25) is 5.10 Å². The minimum atomic E-state index is -3.01. The topological polar surface area (TPSA) is 68.6 Å². The van der Waals surface area contributed by atoms with E-state index in [1.54, 1.807) is 30.6 Å². The third-order valence-corrected chi connectivity index (χ3v) is 4.45. The number of rotatable bonds is 2. The van der Waals surface area contributed by atoms with Crippen LogP contribution in [0.3, 0.4) is 0 Å². The summed E-state index contributed by atoms with van der Waals surface area (Å²) in [5.74, 6) is -3.17. The molecule has 0 unspecified atom stereocenters. The minimum absolute atomic E-state index is 0.244. The van der Waals surface area contributed by atoms with Gasteiger partial charge < -0.3 is 4.74 Å². The lowest BCUT2D eigenvalue weighted by Gasteiger charge is -2.24. The molecule has 0 radical (unpaired) electrons. The number of H-pyrrole nitrogens is 1. The Morgan fingerprint density at radius 2 is 1.96 bits per heavy atom. The Labute approximate surface area is 150 Å². The first-order valence-corrected chi connectivity index (χ1v) is 8.18. The third-order valence-electron chi connectivity index (χ3n) is 4.45. The molecule has 0 saturated heterocycles. The molecule has 1 aliphatic heterocycles. The van der Waals surface area contributed by atoms with Crippen molar-refractivity contribution in [2.75, 3.05) is 6.61 Å². The number of pyridine rings is 1. The smallest absolute Gasteiger partial charge is 0.300 e. The molecule has 9 heteroatoms. The van der Waals surface area contributed by atoms with Crippen molar-refractivity contribution in [3.63, 3.8) is 0 Å². The van der Waals surface area contributed by atoms with E-state index >= 15 is 0 Å². The van der Waals surface area contributed by atoms with Gasteiger partial charge in [0.05, 0.1) is 11.8 Å². The lowest BCUT2D eigenvalue weighted by atomic mass is 10.00. The molecule has 0 bridgehead atoms. The number of alkyl halides is 2. The summed E-state index contributed by atoms with van der Waals surface area (Å²) in [4.78, 5) is 4.21. The van der Waals surface area contributed by atoms with Gasteiger partial charge in [-0.15, -0.1) is 0 Å². The maximum absolute atomic E-state index is 13.8. The number of hydrogen-bond donors (Lipinski definition) is 1. The standard InChI is InChI=1S/C18H12F3N5O/c19-11-3-1-10(2-4-11)15-14(12-5-6-22-16-13(12)7-23-24-16)17-26(25-15)8-18(20,21)9-27-17/h1-7H,8-9H2,(H,22,23,24). The molecule has 0 saturated carbocycles. The Kier molecular flexibility index (Phi) is 3.27. The molecule has 136 valence electrons. The largest absolute Gasteiger partial charge is 0.471 e. The fourth-order valence-electron chi connectivity index (χ4n) is 3.26. The SMILES string of the molecule is Fc1ccc(-c2nn3c(c2-c2ccnc4[nH]ncc24)OCC(F)(F)C3)cc1. The molecule has 27 heavy (non-hydrogen) atoms. The first-order valence-electron chi connectivity index (χ1n) is 8.18. The Bertz CT molecular complexity index is 1150. The average molecular weight is 371 g/mol. The van der Waals surface area contributed by atoms with Crippen molar-refractivity contribution in [2.24, 2.45) is 0 Å². The van der Waals surface area contributed by atoms with Crippen LogP contribution in [0.5, 0.6) is 5.88 Å². The fraction of sp³-hybridized carbons (Fsp3) is 0.167. The van der Waals surface area contributed by atoms with Crippen LogP contribution in [0.2, 0.25) is 0 Å². The highest BCUT2D eigenvalue weighted by Crippen LogP contribution is 2.44. The Morgan fingerprint density at radius 1 is 1.15 bits per heavy atom. The third kappa shape index (κ3) is 2.54. The summed E-state index contributed by atoms with van der Waals surface area (Å²) in [6.45, 7) is -1.32. The number of nitrogens with zero attached hydrogens (tertiary/aromatic N) is 4. The van der Waals surface area contributed by atoms with Crippen molar-refractivity contribution >= 4 is 11.0 Å². The molecule has 3 aromatic heterocycles. The number of benzene rings is 1. The first kappa shape index (κ1) is 15.9. The molecule has 4 aromatic rings. The van der Waals surface area contributed by atoms with Gasteiger partial charge in [-0.1, -0.05) is 0 Å². The molecule has 0 spiro atoms. The summed E-state index contributed by atoms with van der Waals surface area (Å²) in [5, 5.41) is 11.8. The fourth-order valence-corrected chi connectivity index (χ4v) is 3.26. The Balaban J connectivity index is 1.79. The minimum Gasteiger partial charge on any atom is -0.471 e. The lowest BCUT2D eigenvalue weighted by Crippen LogP contribution is -2.36. The molecule has 1 N–H and O–H groups in total. The number of fused-ring (bicyclic) bond motifs is 2. The number of ether oxygens (including phenoxy) is 1. The van der Waals surface area contributed by atoms with Crippen LogP contribution in [-0.2, 0) is 6.54 Å². The van der Waals surface area contributed by atoms with Crippen molar-refractivity contribution in [2.45, 2.75) is 12.5 Å². The van der Waals surface area contributed by atoms with Gasteiger partial charge in [0, 0.05) is 22.7 Å². The van der Waals surface area contributed by atoms with Crippen LogP contribution in [0.4, 0.5) is 13.2 Å². The molecule has 1 aromatic carbocycles. The first-order chi connectivity index (χ1) is 13.0. The zero-order valence-corrected chi connectivity index (χ0v) is 13.8. The summed E-state index contributed by atoms with van der Waals surface area (Å²) in [6, 6.07) is 7.46. The summed E-state index contributed by atoms with van der Waals surface area (Å²) in [6.07, 6.45) is 3.19. The second-order valence-corrected chi connectivity index (χ2v) is 6.33. The van der Waals surface area contributed by atoms with E-state index in [0.29, 0.717) is 33.4 Å². The maximum atomic E-state index is 13.8. The highest BCUT2D eigenvalue weighted by atomic mass is 19.3. The number of aromatic nitrogens is 5. The molecule has 0 amide bonds. The van der Waals surface area contributed by atoms with Crippen molar-refractivity contribution < 1.29 is 17.9 Å². The second kappa shape index (κ2) is 5.57. The molecule has 6 nitrogen and oxygen atoms in total. The molecule has 5 rings (SSSR count). The molecule has 0 atom stereocenters. The van der Waals surface area contributed by atoms with Crippen LogP contribution in [0.25, 0.3) is 33.4 Å². The number of halogens is 3. The van der Waals surface area contributed by atoms with Crippen molar-refractivity contribution in [1.29, 1.82) is 0 Å². The van der Waals surface area contributed by atoms with Gasteiger partial charge in [-0.2, -0.15) is 10.2 Å². The monoisotopic (exact) mass is 371 g/mol. The van der Waals surface area contributed by atoms with E-state index in [9.17, 15) is 13.2 Å². The zero-order chi connectivity index (χ0) is 18.6. The van der Waals surface area contributed by atoms with Crippen molar-refractivity contribution in [3.8, 4) is 28.3 Å². The predicted molar refractivity (Wildman–Crippen MR) is 90.9 cm³/mol. The van der Waals surface area contributed by atoms with Gasteiger partial charge in [0.15, 0.2) is 12.3 Å². The van der Waals surface area contributed by atoms with Gasteiger partial charge >= 0.3 is 5.92 Å². The van der Waals surface area contributed by atoms with Crippen LogP contribution >= 0.6 is 0 Å². The van der Waals surface area contributed by atoms with Crippen LogP contribution in [-0.4, -0.2) is 37.5 Å². The summed E-state index contributed by atoms with van der Waals surface area (Å²) >= 11 is 0. The van der Waals surface area contributed by atoms with Crippen LogP contribution in [0.1, 0.15) is 0 Å². The average Bonchev–Trinajstić information content (AvgIpc) is 3.25. The van der Waals surface area contributed by atoms with E-state index in [2.05, 4.69) is 20.3 Å². The van der Waals surface area contributed by atoms with E-state index in [1.807, 2.05) is 0 Å². The highest BCUT2D eigenvalue weighted by molar-refractivity contribution is 5.98. The normalized spacial score (nSPS) is 15.5. The summed E-state index contributed by atoms with van der Waals surface area (Å²) < 4.78 is 47.6. The molecule has 0 fully saturated rings. The number of aromatic amines is 1. The van der Waals surface area contributed by atoms with E-state index in [1.165, 1.54) is 12.1 Å². The molecular weight excluding hydrogens is 359 g/mol. The molecule has 4 heterocycles.